The summed E-state index contributed by atoms with van der Waals surface area (Å²) in [6.07, 6.45) is 16.8. The first kappa shape index (κ1) is 29.3. The summed E-state index contributed by atoms with van der Waals surface area (Å²) in [6, 6.07) is 40.0. The van der Waals surface area contributed by atoms with Gasteiger partial charge in [-0.25, -0.2) is 9.97 Å². The molecule has 7 aromatic rings. The van der Waals surface area contributed by atoms with Gasteiger partial charge in [-0.05, 0) is 96.1 Å². The number of nitrogens with zero attached hydrogens (tertiary/aromatic N) is 3. The molecular formula is C46H35N3S. The van der Waals surface area contributed by atoms with Gasteiger partial charge in [0.2, 0.25) is 0 Å². The van der Waals surface area contributed by atoms with Gasteiger partial charge in [0.25, 0.3) is 0 Å². The summed E-state index contributed by atoms with van der Waals surface area (Å²) < 4.78 is 2.66. The van der Waals surface area contributed by atoms with Gasteiger partial charge in [0.05, 0.1) is 16.7 Å². The average molecular weight is 662 g/mol. The van der Waals surface area contributed by atoms with E-state index < -0.39 is 0 Å². The van der Waals surface area contributed by atoms with E-state index in [1.807, 2.05) is 11.3 Å². The van der Waals surface area contributed by atoms with Crippen LogP contribution in [0, 0.1) is 5.92 Å². The molecule has 50 heavy (non-hydrogen) atoms. The van der Waals surface area contributed by atoms with Gasteiger partial charge < -0.3 is 4.90 Å². The Labute approximate surface area is 296 Å². The zero-order valence-electron chi connectivity index (χ0n) is 28.0. The van der Waals surface area contributed by atoms with E-state index in [1.165, 1.54) is 48.1 Å². The van der Waals surface area contributed by atoms with Crippen LogP contribution in [-0.4, -0.2) is 15.5 Å². The van der Waals surface area contributed by atoms with E-state index in [0.717, 1.165) is 40.1 Å². The molecule has 3 heterocycles. The predicted molar refractivity (Wildman–Crippen MR) is 212 cm³/mol. The molecule has 0 bridgehead atoms. The summed E-state index contributed by atoms with van der Waals surface area (Å²) >= 11 is 1.87. The molecule has 3 nitrogen and oxygen atoms in total. The Kier molecular flexibility index (Phi) is 6.59. The molecule has 3 unspecified atom stereocenters. The second-order valence-electron chi connectivity index (χ2n) is 14.0. The van der Waals surface area contributed by atoms with Gasteiger partial charge in [-0.15, -0.1) is 11.3 Å². The Bertz CT molecular complexity index is 2620. The fourth-order valence-electron chi connectivity index (χ4n) is 8.36. The van der Waals surface area contributed by atoms with Crippen LogP contribution in [0.3, 0.4) is 0 Å². The second-order valence-corrected chi connectivity index (χ2v) is 15.1. The lowest BCUT2D eigenvalue weighted by atomic mass is 9.80. The van der Waals surface area contributed by atoms with Crippen molar-refractivity contribution in [3.8, 4) is 22.5 Å². The highest BCUT2D eigenvalue weighted by atomic mass is 32.1. The molecular weight excluding hydrogens is 627 g/mol. The molecule has 0 N–H and O–H groups in total. The lowest BCUT2D eigenvalue weighted by Gasteiger charge is -2.39. The van der Waals surface area contributed by atoms with Crippen molar-refractivity contribution >= 4 is 59.4 Å². The number of anilines is 2. The van der Waals surface area contributed by atoms with E-state index in [2.05, 4.69) is 170 Å². The molecule has 0 saturated carbocycles. The molecule has 1 aliphatic heterocycles. The molecule has 0 radical (unpaired) electrons. The van der Waals surface area contributed by atoms with Crippen molar-refractivity contribution in [1.29, 1.82) is 0 Å². The maximum atomic E-state index is 5.22. The van der Waals surface area contributed by atoms with Gasteiger partial charge in [-0.2, -0.15) is 0 Å². The Morgan fingerprint density at radius 1 is 0.720 bits per heavy atom. The van der Waals surface area contributed by atoms with E-state index in [0.29, 0.717) is 5.92 Å². The number of aromatic nitrogens is 2. The third-order valence-corrected chi connectivity index (χ3v) is 12.1. The number of fused-ring (bicyclic) bond motifs is 7. The topological polar surface area (TPSA) is 29.0 Å². The van der Waals surface area contributed by atoms with Crippen molar-refractivity contribution in [2.24, 2.45) is 5.92 Å². The lowest BCUT2D eigenvalue weighted by Crippen LogP contribution is -2.41. The van der Waals surface area contributed by atoms with E-state index in [1.54, 1.807) is 0 Å². The van der Waals surface area contributed by atoms with Gasteiger partial charge in [-0.1, -0.05) is 104 Å². The third kappa shape index (κ3) is 4.48. The number of hydrogen-bond acceptors (Lipinski definition) is 4. The normalized spacial score (nSPS) is 20.8. The fourth-order valence-corrected chi connectivity index (χ4v) is 9.45. The van der Waals surface area contributed by atoms with Crippen LogP contribution in [0.1, 0.15) is 37.4 Å². The van der Waals surface area contributed by atoms with Crippen molar-refractivity contribution in [3.63, 3.8) is 0 Å². The summed E-state index contributed by atoms with van der Waals surface area (Å²) in [5.41, 5.74) is 10.3. The van der Waals surface area contributed by atoms with Crippen LogP contribution in [0.15, 0.2) is 152 Å². The van der Waals surface area contributed by atoms with Crippen LogP contribution >= 0.6 is 11.3 Å². The first-order valence-electron chi connectivity index (χ1n) is 17.5. The standard InChI is InChI=1S/C46H35N3S/c1-29-11-3-4-12-34(29)44-37-14-5-7-16-40(37)47-45(48-44)30-18-22-33(23-19-30)49-41-28-32(20-24-36(41)39-15-9-10-26-46(39,49)2)31-21-25-43-38(27-31)35-13-6-8-17-42(35)50-43/h3-10,12-29,39H,11H2,1-2H3. The third-order valence-electron chi connectivity index (χ3n) is 11.0. The minimum atomic E-state index is -0.228. The minimum absolute atomic E-state index is 0.228. The van der Waals surface area contributed by atoms with Gasteiger partial charge in [-0.3, -0.25) is 0 Å². The average Bonchev–Trinajstić information content (AvgIpc) is 3.66. The fraction of sp³-hybridized carbons (Fsp3) is 0.130. The lowest BCUT2D eigenvalue weighted by molar-refractivity contribution is 0.542. The monoisotopic (exact) mass is 661 g/mol. The number of para-hydroxylation sites is 1. The smallest absolute Gasteiger partial charge is 0.160 e. The number of benzene rings is 5. The quantitative estimate of drug-likeness (QED) is 0.188. The molecule has 0 fully saturated rings. The molecule has 4 heteroatoms. The molecule has 3 aliphatic rings. The predicted octanol–water partition coefficient (Wildman–Crippen LogP) is 12.4. The number of thiophene rings is 1. The van der Waals surface area contributed by atoms with Gasteiger partial charge >= 0.3 is 0 Å². The van der Waals surface area contributed by atoms with E-state index in [-0.39, 0.29) is 11.5 Å². The zero-order valence-corrected chi connectivity index (χ0v) is 28.9. The summed E-state index contributed by atoms with van der Waals surface area (Å²) in [5.74, 6) is 1.43. The van der Waals surface area contributed by atoms with Crippen molar-refractivity contribution in [3.05, 3.63) is 163 Å². The largest absolute Gasteiger partial charge is 0.331 e. The highest BCUT2D eigenvalue weighted by Crippen LogP contribution is 2.55. The van der Waals surface area contributed by atoms with Crippen molar-refractivity contribution in [2.75, 3.05) is 4.90 Å². The van der Waals surface area contributed by atoms with Crippen LogP contribution in [-0.2, 0) is 0 Å². The zero-order chi connectivity index (χ0) is 33.4. The van der Waals surface area contributed by atoms with Crippen molar-refractivity contribution in [2.45, 2.75) is 31.7 Å². The molecule has 10 rings (SSSR count). The van der Waals surface area contributed by atoms with E-state index in [9.17, 15) is 0 Å². The van der Waals surface area contributed by atoms with Crippen LogP contribution < -0.4 is 4.90 Å². The number of rotatable bonds is 4. The highest BCUT2D eigenvalue weighted by Gasteiger charge is 2.47. The van der Waals surface area contributed by atoms with E-state index >= 15 is 0 Å². The Morgan fingerprint density at radius 3 is 2.36 bits per heavy atom. The maximum absolute atomic E-state index is 5.22. The number of hydrogen-bond donors (Lipinski definition) is 0. The molecule has 0 spiro atoms. The van der Waals surface area contributed by atoms with Gasteiger partial charge in [0.15, 0.2) is 5.82 Å². The summed E-state index contributed by atoms with van der Waals surface area (Å²) in [6.45, 7) is 4.65. The van der Waals surface area contributed by atoms with E-state index in [4.69, 9.17) is 9.97 Å². The summed E-state index contributed by atoms with van der Waals surface area (Å²) in [7, 11) is 0. The molecule has 2 aromatic heterocycles. The molecule has 240 valence electrons. The first-order valence-corrected chi connectivity index (χ1v) is 18.3. The SMILES string of the molecule is CC1CC=CC=C1c1nc(-c2ccc(N3c4cc(-c5ccc6sc7ccccc7c6c5)ccc4C4C=CC=CC43C)cc2)nc2ccccc12. The minimum Gasteiger partial charge on any atom is -0.331 e. The molecule has 3 atom stereocenters. The Hall–Kier alpha value is -5.58. The second kappa shape index (κ2) is 11.2. The van der Waals surface area contributed by atoms with Crippen LogP contribution in [0.25, 0.3) is 59.2 Å². The molecule has 2 aliphatic carbocycles. The van der Waals surface area contributed by atoms with Crippen molar-refractivity contribution < 1.29 is 0 Å². The summed E-state index contributed by atoms with van der Waals surface area (Å²) in [4.78, 5) is 12.8. The van der Waals surface area contributed by atoms with Crippen LogP contribution in [0.4, 0.5) is 11.4 Å². The summed E-state index contributed by atoms with van der Waals surface area (Å²) in [5, 5.41) is 3.76. The van der Waals surface area contributed by atoms with Gasteiger partial charge in [0, 0.05) is 48.4 Å². The first-order chi connectivity index (χ1) is 24.5. The molecule has 0 saturated heterocycles. The van der Waals surface area contributed by atoms with Crippen LogP contribution in [0.2, 0.25) is 0 Å². The Balaban J connectivity index is 1.07. The van der Waals surface area contributed by atoms with Crippen molar-refractivity contribution in [1.82, 2.24) is 9.97 Å². The van der Waals surface area contributed by atoms with Crippen LogP contribution in [0.5, 0.6) is 0 Å². The number of allylic oxidation sites excluding steroid dienone is 6. The van der Waals surface area contributed by atoms with Gasteiger partial charge in [0.1, 0.15) is 0 Å². The maximum Gasteiger partial charge on any atom is 0.160 e. The highest BCUT2D eigenvalue weighted by molar-refractivity contribution is 7.25. The molecule has 5 aromatic carbocycles. The molecule has 0 amide bonds. The Morgan fingerprint density at radius 2 is 1.48 bits per heavy atom.